The van der Waals surface area contributed by atoms with Crippen molar-refractivity contribution < 1.29 is 28.7 Å². The summed E-state index contributed by atoms with van der Waals surface area (Å²) in [7, 11) is 1.35. The Hall–Kier alpha value is -3.86. The zero-order chi connectivity index (χ0) is 37.2. The maximum Gasteiger partial charge on any atom is 0.328 e. The second-order valence-electron chi connectivity index (χ2n) is 15.3. The second kappa shape index (κ2) is 18.9. The Morgan fingerprint density at radius 1 is 0.717 bits per heavy atom. The molecule has 6 rings (SSSR count). The van der Waals surface area contributed by atoms with Gasteiger partial charge in [0.05, 0.1) is 12.5 Å². The van der Waals surface area contributed by atoms with E-state index in [9.17, 15) is 24.0 Å². The van der Waals surface area contributed by atoms with E-state index in [2.05, 4.69) is 10.6 Å². The van der Waals surface area contributed by atoms with Gasteiger partial charge in [0.2, 0.25) is 23.6 Å². The molecule has 0 saturated carbocycles. The van der Waals surface area contributed by atoms with Crippen LogP contribution in [0.2, 0.25) is 0 Å². The van der Waals surface area contributed by atoms with Gasteiger partial charge >= 0.3 is 5.97 Å². The third kappa shape index (κ3) is 10.0. The molecule has 0 spiro atoms. The molecule has 11 heteroatoms. The Morgan fingerprint density at radius 3 is 1.89 bits per heavy atom. The molecule has 0 radical (unpaired) electrons. The van der Waals surface area contributed by atoms with Gasteiger partial charge in [-0.2, -0.15) is 0 Å². The number of piperidine rings is 2. The van der Waals surface area contributed by atoms with Gasteiger partial charge in [0, 0.05) is 24.4 Å². The van der Waals surface area contributed by atoms with Crippen LogP contribution >= 0.6 is 11.8 Å². The minimum atomic E-state index is -0.754. The van der Waals surface area contributed by atoms with E-state index in [1.165, 1.54) is 7.11 Å². The molecule has 7 unspecified atom stereocenters. The highest BCUT2D eigenvalue weighted by Crippen LogP contribution is 2.35. The van der Waals surface area contributed by atoms with Crippen LogP contribution in [0.4, 0.5) is 0 Å². The van der Waals surface area contributed by atoms with Gasteiger partial charge in [0.15, 0.2) is 0 Å². The minimum Gasteiger partial charge on any atom is -0.467 e. The fraction of sp³-hybridized carbons (Fsp3) is 0.595. The fourth-order valence-electron chi connectivity index (χ4n) is 8.76. The largest absolute Gasteiger partial charge is 0.467 e. The standard InChI is InChI=1S/C42H56N4O6S/c1-52-42(51)36-20-12-21-37-46(36)41(50)35(24-26-53-37)44-39(48)32(28-30-15-6-3-7-16-30)23-22-31(27-29-13-4-2-5-14-29)38(47)43-34-19-9-8-17-33-18-10-11-25-45(33)40(34)49/h2-7,13-16,31-37H,8-12,17-28H2,1H3,(H,43,47)(H,44,48). The van der Waals surface area contributed by atoms with Gasteiger partial charge in [-0.3, -0.25) is 19.2 Å². The van der Waals surface area contributed by atoms with Crippen LogP contribution in [0, 0.1) is 11.8 Å². The zero-order valence-electron chi connectivity index (χ0n) is 31.1. The number of esters is 1. The molecule has 4 aliphatic rings. The number of hydrogen-bond acceptors (Lipinski definition) is 7. The third-order valence-corrected chi connectivity index (χ3v) is 13.0. The smallest absolute Gasteiger partial charge is 0.328 e. The van der Waals surface area contributed by atoms with E-state index in [1.807, 2.05) is 65.6 Å². The molecule has 53 heavy (non-hydrogen) atoms. The minimum absolute atomic E-state index is 0.0409. The molecule has 0 bridgehead atoms. The van der Waals surface area contributed by atoms with Crippen molar-refractivity contribution in [1.29, 1.82) is 0 Å². The van der Waals surface area contributed by atoms with E-state index in [4.69, 9.17) is 4.74 Å². The summed E-state index contributed by atoms with van der Waals surface area (Å²) in [5.41, 5.74) is 2.02. The van der Waals surface area contributed by atoms with Gasteiger partial charge in [0.1, 0.15) is 18.1 Å². The van der Waals surface area contributed by atoms with Crippen molar-refractivity contribution in [3.63, 3.8) is 0 Å². The Morgan fingerprint density at radius 2 is 1.28 bits per heavy atom. The van der Waals surface area contributed by atoms with Gasteiger partial charge < -0.3 is 25.2 Å². The number of nitrogens with one attached hydrogen (secondary N) is 2. The van der Waals surface area contributed by atoms with Crippen molar-refractivity contribution in [3.8, 4) is 0 Å². The predicted octanol–water partition coefficient (Wildman–Crippen LogP) is 5.43. The first kappa shape index (κ1) is 38.9. The Labute approximate surface area is 318 Å². The van der Waals surface area contributed by atoms with Crippen LogP contribution in [-0.4, -0.2) is 88.3 Å². The lowest BCUT2D eigenvalue weighted by molar-refractivity contribution is -0.156. The molecule has 286 valence electrons. The molecule has 0 aromatic heterocycles. The van der Waals surface area contributed by atoms with Crippen molar-refractivity contribution in [3.05, 3.63) is 71.8 Å². The van der Waals surface area contributed by atoms with Crippen LogP contribution in [0.25, 0.3) is 0 Å². The second-order valence-corrected chi connectivity index (χ2v) is 16.6. The maximum atomic E-state index is 14.3. The van der Waals surface area contributed by atoms with Gasteiger partial charge in [-0.1, -0.05) is 73.5 Å². The Balaban J connectivity index is 1.19. The highest BCUT2D eigenvalue weighted by atomic mass is 32.2. The Bertz CT molecular complexity index is 1560. The van der Waals surface area contributed by atoms with Crippen LogP contribution in [-0.2, 0) is 41.6 Å². The topological polar surface area (TPSA) is 125 Å². The molecule has 10 nitrogen and oxygen atoms in total. The number of fused-ring (bicyclic) bond motifs is 2. The van der Waals surface area contributed by atoms with Gasteiger partial charge in [0.25, 0.3) is 0 Å². The van der Waals surface area contributed by atoms with E-state index < -0.39 is 35.9 Å². The molecule has 2 aromatic rings. The number of amides is 4. The van der Waals surface area contributed by atoms with Crippen LogP contribution in [0.3, 0.4) is 0 Å². The summed E-state index contributed by atoms with van der Waals surface area (Å²) in [6.45, 7) is 0.754. The molecule has 2 N–H and O–H groups in total. The quantitative estimate of drug-likeness (QED) is 0.278. The lowest BCUT2D eigenvalue weighted by atomic mass is 9.86. The van der Waals surface area contributed by atoms with Crippen LogP contribution in [0.15, 0.2) is 60.7 Å². The lowest BCUT2D eigenvalue weighted by Crippen LogP contribution is -2.57. The summed E-state index contributed by atoms with van der Waals surface area (Å²) in [6.07, 6.45) is 11.2. The first-order valence-corrected chi connectivity index (χ1v) is 20.9. The summed E-state index contributed by atoms with van der Waals surface area (Å²) >= 11 is 1.66. The van der Waals surface area contributed by atoms with E-state index >= 15 is 0 Å². The zero-order valence-corrected chi connectivity index (χ0v) is 31.9. The highest BCUT2D eigenvalue weighted by Gasteiger charge is 2.44. The van der Waals surface area contributed by atoms with Crippen molar-refractivity contribution in [1.82, 2.24) is 20.4 Å². The van der Waals surface area contributed by atoms with Gasteiger partial charge in [-0.25, -0.2) is 4.79 Å². The van der Waals surface area contributed by atoms with Crippen LogP contribution < -0.4 is 10.6 Å². The predicted molar refractivity (Wildman–Crippen MR) is 206 cm³/mol. The van der Waals surface area contributed by atoms with E-state index in [0.29, 0.717) is 50.7 Å². The number of benzene rings is 2. The third-order valence-electron chi connectivity index (χ3n) is 11.7. The summed E-state index contributed by atoms with van der Waals surface area (Å²) in [5.74, 6) is -1.26. The molecule has 7 atom stereocenters. The number of carbonyl (C=O) groups excluding carboxylic acids is 5. The molecular formula is C42H56N4O6S. The molecule has 4 aliphatic heterocycles. The van der Waals surface area contributed by atoms with Gasteiger partial charge in [-0.05, 0) is 100 Å². The number of carbonyl (C=O) groups is 5. The lowest BCUT2D eigenvalue weighted by Gasteiger charge is -2.40. The van der Waals surface area contributed by atoms with Gasteiger partial charge in [-0.15, -0.1) is 11.8 Å². The van der Waals surface area contributed by atoms with E-state index in [0.717, 1.165) is 69.0 Å². The number of hydrogen-bond donors (Lipinski definition) is 2. The number of rotatable bonds is 12. The molecule has 4 saturated heterocycles. The summed E-state index contributed by atoms with van der Waals surface area (Å²) in [6, 6.07) is 18.0. The van der Waals surface area contributed by atoms with Crippen molar-refractivity contribution in [2.45, 2.75) is 126 Å². The molecule has 0 aliphatic carbocycles. The van der Waals surface area contributed by atoms with Crippen molar-refractivity contribution in [2.75, 3.05) is 19.4 Å². The number of thioether (sulfide) groups is 1. The van der Waals surface area contributed by atoms with E-state index in [1.54, 1.807) is 16.7 Å². The monoisotopic (exact) mass is 744 g/mol. The number of nitrogens with zero attached hydrogens (tertiary/aromatic N) is 2. The summed E-state index contributed by atoms with van der Waals surface area (Å²) in [4.78, 5) is 72.8. The first-order valence-electron chi connectivity index (χ1n) is 19.8. The average Bonchev–Trinajstić information content (AvgIpc) is 3.34. The number of methoxy groups -OCH3 is 1. The molecule has 4 heterocycles. The average molecular weight is 745 g/mol. The highest BCUT2D eigenvalue weighted by molar-refractivity contribution is 7.99. The van der Waals surface area contributed by atoms with Crippen molar-refractivity contribution in [2.24, 2.45) is 11.8 Å². The van der Waals surface area contributed by atoms with Crippen LogP contribution in [0.5, 0.6) is 0 Å². The summed E-state index contributed by atoms with van der Waals surface area (Å²) in [5, 5.41) is 6.18. The van der Waals surface area contributed by atoms with Crippen LogP contribution in [0.1, 0.15) is 94.6 Å². The SMILES string of the molecule is COC(=O)C1CCCC2SCCC(NC(=O)C(CCC(Cc3ccccc3)C(=O)NC3CCCCC4CCCCN4C3=O)Cc3ccccc3)C(=O)N21. The van der Waals surface area contributed by atoms with E-state index in [-0.39, 0.29) is 35.0 Å². The molecule has 2 aromatic carbocycles. The Kier molecular flexibility index (Phi) is 13.9. The maximum absolute atomic E-state index is 14.3. The fourth-order valence-corrected chi connectivity index (χ4v) is 10.1. The molecule has 4 amide bonds. The number of ether oxygens (including phenoxy) is 1. The summed E-state index contributed by atoms with van der Waals surface area (Å²) < 4.78 is 5.07. The molecular weight excluding hydrogens is 689 g/mol. The normalized spacial score (nSPS) is 26.1. The molecule has 4 fully saturated rings. The first-order chi connectivity index (χ1) is 25.8. The van der Waals surface area contributed by atoms with Crippen molar-refractivity contribution >= 4 is 41.4 Å².